The molecule has 5 aromatic rings. The average Bonchev–Trinajstić information content (AvgIpc) is 3.13. The first-order valence-electron chi connectivity index (χ1n) is 8.27. The fraction of sp³-hybridized carbons (Fsp3) is 0. The van der Waals surface area contributed by atoms with E-state index in [4.69, 9.17) is 0 Å². The van der Waals surface area contributed by atoms with Crippen LogP contribution < -0.4 is 0 Å². The van der Waals surface area contributed by atoms with E-state index in [0.717, 1.165) is 27.7 Å². The minimum absolute atomic E-state index is 0.861. The van der Waals surface area contributed by atoms with Gasteiger partial charge >= 0.3 is 0 Å². The summed E-state index contributed by atoms with van der Waals surface area (Å²) in [5.41, 5.74) is 4.50. The minimum atomic E-state index is 0.861. The molecule has 3 aromatic carbocycles. The van der Waals surface area contributed by atoms with Crippen molar-refractivity contribution in [3.8, 4) is 22.5 Å². The molecule has 3 heteroatoms. The van der Waals surface area contributed by atoms with Gasteiger partial charge in [-0.3, -0.25) is 0 Å². The fourth-order valence-corrected chi connectivity index (χ4v) is 3.25. The van der Waals surface area contributed by atoms with E-state index in [0.29, 0.717) is 0 Å². The van der Waals surface area contributed by atoms with Crippen LogP contribution in [0.4, 0.5) is 0 Å². The number of hydrogen-bond acceptors (Lipinski definition) is 2. The van der Waals surface area contributed by atoms with Gasteiger partial charge in [0, 0.05) is 16.3 Å². The monoisotopic (exact) mass is 321 g/mol. The highest BCUT2D eigenvalue weighted by molar-refractivity contribution is 5.95. The first-order valence-corrected chi connectivity index (χ1v) is 8.27. The second-order valence-electron chi connectivity index (χ2n) is 6.05. The van der Waals surface area contributed by atoms with Gasteiger partial charge in [-0.05, 0) is 11.1 Å². The lowest BCUT2D eigenvalue weighted by Crippen LogP contribution is -1.95. The summed E-state index contributed by atoms with van der Waals surface area (Å²) in [5.74, 6) is 0.861. The summed E-state index contributed by atoms with van der Waals surface area (Å²) >= 11 is 0. The first-order chi connectivity index (χ1) is 12.4. The lowest BCUT2D eigenvalue weighted by atomic mass is 10.0. The van der Waals surface area contributed by atoms with Gasteiger partial charge in [-0.2, -0.15) is 5.10 Å². The van der Waals surface area contributed by atoms with Crippen LogP contribution in [0.5, 0.6) is 0 Å². The predicted octanol–water partition coefficient (Wildman–Crippen LogP) is 5.22. The molecular weight excluding hydrogens is 306 g/mol. The molecule has 0 bridgehead atoms. The highest BCUT2D eigenvalue weighted by Gasteiger charge is 2.10. The highest BCUT2D eigenvalue weighted by atomic mass is 15.3. The standard InChI is InChI=1S/C22H15N3/c1-2-6-16(7-3-1)17-10-12-18(13-11-17)22-23-15-21-20-9-5-4-8-19(20)14-24-25(21)22/h1-15H. The van der Waals surface area contributed by atoms with Gasteiger partial charge in [0.05, 0.1) is 17.9 Å². The van der Waals surface area contributed by atoms with Crippen molar-refractivity contribution in [3.63, 3.8) is 0 Å². The van der Waals surface area contributed by atoms with Crippen molar-refractivity contribution in [2.75, 3.05) is 0 Å². The summed E-state index contributed by atoms with van der Waals surface area (Å²) in [4.78, 5) is 4.62. The molecular formula is C22H15N3. The average molecular weight is 321 g/mol. The quantitative estimate of drug-likeness (QED) is 0.446. The Morgan fingerprint density at radius 2 is 1.28 bits per heavy atom. The molecule has 0 unspecified atom stereocenters. The molecule has 0 saturated carbocycles. The minimum Gasteiger partial charge on any atom is -0.234 e. The Morgan fingerprint density at radius 1 is 0.600 bits per heavy atom. The SMILES string of the molecule is c1ccc(-c2ccc(-c3ncc4c5ccccc5cnn34)cc2)cc1. The van der Waals surface area contributed by atoms with Gasteiger partial charge in [0.15, 0.2) is 5.82 Å². The number of hydrogen-bond donors (Lipinski definition) is 0. The van der Waals surface area contributed by atoms with E-state index in [-0.39, 0.29) is 0 Å². The molecule has 0 atom stereocenters. The molecule has 2 heterocycles. The van der Waals surface area contributed by atoms with Crippen molar-refractivity contribution >= 4 is 16.3 Å². The Kier molecular flexibility index (Phi) is 3.10. The number of aromatic nitrogens is 3. The van der Waals surface area contributed by atoms with E-state index < -0.39 is 0 Å². The molecule has 5 rings (SSSR count). The number of fused-ring (bicyclic) bond motifs is 3. The molecule has 25 heavy (non-hydrogen) atoms. The third-order valence-electron chi connectivity index (χ3n) is 4.54. The predicted molar refractivity (Wildman–Crippen MR) is 101 cm³/mol. The van der Waals surface area contributed by atoms with Gasteiger partial charge in [0.2, 0.25) is 0 Å². The molecule has 0 amide bonds. The van der Waals surface area contributed by atoms with Crippen molar-refractivity contribution in [1.29, 1.82) is 0 Å². The Labute approximate surface area is 145 Å². The molecule has 0 aliphatic heterocycles. The van der Waals surface area contributed by atoms with Crippen LogP contribution in [0.3, 0.4) is 0 Å². The maximum atomic E-state index is 4.62. The summed E-state index contributed by atoms with van der Waals surface area (Å²) in [6.45, 7) is 0. The molecule has 0 N–H and O–H groups in total. The van der Waals surface area contributed by atoms with Crippen LogP contribution in [0.2, 0.25) is 0 Å². The Morgan fingerprint density at radius 3 is 2.12 bits per heavy atom. The molecule has 0 fully saturated rings. The fourth-order valence-electron chi connectivity index (χ4n) is 3.25. The molecule has 0 aliphatic rings. The normalized spacial score (nSPS) is 11.2. The van der Waals surface area contributed by atoms with Gasteiger partial charge in [-0.25, -0.2) is 9.50 Å². The Hall–Kier alpha value is -3.46. The molecule has 0 aliphatic carbocycles. The van der Waals surface area contributed by atoms with Crippen LogP contribution in [0.1, 0.15) is 0 Å². The summed E-state index contributed by atoms with van der Waals surface area (Å²) in [6, 6.07) is 27.1. The number of rotatable bonds is 2. The summed E-state index contributed by atoms with van der Waals surface area (Å²) in [7, 11) is 0. The Balaban J connectivity index is 1.63. The smallest absolute Gasteiger partial charge is 0.161 e. The zero-order valence-corrected chi connectivity index (χ0v) is 13.5. The summed E-state index contributed by atoms with van der Waals surface area (Å²) < 4.78 is 1.92. The lowest BCUT2D eigenvalue weighted by Gasteiger charge is -2.05. The molecule has 0 saturated heterocycles. The van der Waals surface area contributed by atoms with Gasteiger partial charge in [-0.1, -0.05) is 78.9 Å². The van der Waals surface area contributed by atoms with E-state index in [9.17, 15) is 0 Å². The van der Waals surface area contributed by atoms with E-state index in [1.807, 2.05) is 35.1 Å². The van der Waals surface area contributed by atoms with Gasteiger partial charge in [0.25, 0.3) is 0 Å². The van der Waals surface area contributed by atoms with Crippen LogP contribution in [0.25, 0.3) is 38.8 Å². The van der Waals surface area contributed by atoms with Crippen molar-refractivity contribution in [1.82, 2.24) is 14.6 Å². The first kappa shape index (κ1) is 13.9. The van der Waals surface area contributed by atoms with E-state index in [2.05, 4.69) is 70.7 Å². The zero-order chi connectivity index (χ0) is 16.6. The Bertz CT molecular complexity index is 1170. The maximum Gasteiger partial charge on any atom is 0.161 e. The number of nitrogens with zero attached hydrogens (tertiary/aromatic N) is 3. The van der Waals surface area contributed by atoms with Gasteiger partial charge in [0.1, 0.15) is 0 Å². The van der Waals surface area contributed by atoms with Gasteiger partial charge in [-0.15, -0.1) is 0 Å². The largest absolute Gasteiger partial charge is 0.234 e. The molecule has 3 nitrogen and oxygen atoms in total. The second-order valence-corrected chi connectivity index (χ2v) is 6.05. The molecule has 2 aromatic heterocycles. The zero-order valence-electron chi connectivity index (χ0n) is 13.5. The van der Waals surface area contributed by atoms with Crippen LogP contribution in [-0.2, 0) is 0 Å². The van der Waals surface area contributed by atoms with Crippen LogP contribution >= 0.6 is 0 Å². The van der Waals surface area contributed by atoms with Gasteiger partial charge < -0.3 is 0 Å². The van der Waals surface area contributed by atoms with E-state index in [1.54, 1.807) is 0 Å². The number of imidazole rings is 1. The molecule has 0 spiro atoms. The van der Waals surface area contributed by atoms with E-state index in [1.165, 1.54) is 11.1 Å². The van der Waals surface area contributed by atoms with E-state index >= 15 is 0 Å². The highest BCUT2D eigenvalue weighted by Crippen LogP contribution is 2.26. The number of benzene rings is 3. The van der Waals surface area contributed by atoms with Crippen molar-refractivity contribution in [2.24, 2.45) is 0 Å². The maximum absolute atomic E-state index is 4.62. The second kappa shape index (κ2) is 5.56. The lowest BCUT2D eigenvalue weighted by molar-refractivity contribution is 0.946. The van der Waals surface area contributed by atoms with Crippen LogP contribution in [0, 0.1) is 0 Å². The third-order valence-corrected chi connectivity index (χ3v) is 4.54. The molecule has 118 valence electrons. The molecule has 0 radical (unpaired) electrons. The topological polar surface area (TPSA) is 30.2 Å². The van der Waals surface area contributed by atoms with Crippen LogP contribution in [0.15, 0.2) is 91.3 Å². The summed E-state index contributed by atoms with van der Waals surface area (Å²) in [5, 5.41) is 6.87. The van der Waals surface area contributed by atoms with Crippen LogP contribution in [-0.4, -0.2) is 14.6 Å². The summed E-state index contributed by atoms with van der Waals surface area (Å²) in [6.07, 6.45) is 3.79. The van der Waals surface area contributed by atoms with Crippen molar-refractivity contribution in [3.05, 3.63) is 91.3 Å². The third kappa shape index (κ3) is 2.29. The van der Waals surface area contributed by atoms with Crippen molar-refractivity contribution in [2.45, 2.75) is 0 Å². The van der Waals surface area contributed by atoms with Crippen molar-refractivity contribution < 1.29 is 0 Å².